The summed E-state index contributed by atoms with van der Waals surface area (Å²) in [4.78, 5) is 18.2. The summed E-state index contributed by atoms with van der Waals surface area (Å²) >= 11 is 0. The lowest BCUT2D eigenvalue weighted by Gasteiger charge is -2.38. The summed E-state index contributed by atoms with van der Waals surface area (Å²) in [6.45, 7) is 2.57. The topological polar surface area (TPSA) is 60.9 Å². The molecule has 2 aliphatic rings. The standard InChI is InChI=1S/C17H24N2O4/c1-21-11-5-16(20)19-9-6-17(7-10-19)12-14(13-22-17)23-15-4-2-3-8-18-15/h2-4,8,14H,5-7,9-13H2,1H3/t14-/m1/s1. The van der Waals surface area contributed by atoms with E-state index in [1.54, 1.807) is 13.3 Å². The van der Waals surface area contributed by atoms with Gasteiger partial charge in [-0.15, -0.1) is 0 Å². The van der Waals surface area contributed by atoms with Crippen LogP contribution >= 0.6 is 0 Å². The Hall–Kier alpha value is -1.66. The molecular formula is C17H24N2O4. The molecule has 0 radical (unpaired) electrons. The van der Waals surface area contributed by atoms with Crippen LogP contribution in [0.3, 0.4) is 0 Å². The number of pyridine rings is 1. The molecule has 0 saturated carbocycles. The van der Waals surface area contributed by atoms with Gasteiger partial charge in [-0.1, -0.05) is 6.07 Å². The zero-order valence-electron chi connectivity index (χ0n) is 13.6. The molecule has 2 aliphatic heterocycles. The maximum atomic E-state index is 12.0. The van der Waals surface area contributed by atoms with E-state index >= 15 is 0 Å². The van der Waals surface area contributed by atoms with Crippen molar-refractivity contribution < 1.29 is 19.0 Å². The van der Waals surface area contributed by atoms with Gasteiger partial charge < -0.3 is 19.1 Å². The molecule has 1 amide bonds. The Morgan fingerprint density at radius 1 is 1.43 bits per heavy atom. The van der Waals surface area contributed by atoms with Crippen molar-refractivity contribution in [3.63, 3.8) is 0 Å². The van der Waals surface area contributed by atoms with Crippen LogP contribution in [-0.2, 0) is 14.3 Å². The van der Waals surface area contributed by atoms with Crippen LogP contribution in [0.25, 0.3) is 0 Å². The first-order chi connectivity index (χ1) is 11.2. The van der Waals surface area contributed by atoms with Gasteiger partial charge in [-0.05, 0) is 18.9 Å². The summed E-state index contributed by atoms with van der Waals surface area (Å²) in [6.07, 6.45) is 4.83. The Bertz CT molecular complexity index is 515. The molecule has 2 fully saturated rings. The fourth-order valence-electron chi connectivity index (χ4n) is 3.33. The van der Waals surface area contributed by atoms with E-state index in [1.807, 2.05) is 23.1 Å². The molecule has 1 atom stereocenters. The van der Waals surface area contributed by atoms with Crippen LogP contribution in [0.15, 0.2) is 24.4 Å². The van der Waals surface area contributed by atoms with E-state index in [-0.39, 0.29) is 17.6 Å². The summed E-state index contributed by atoms with van der Waals surface area (Å²) in [5, 5.41) is 0. The lowest BCUT2D eigenvalue weighted by molar-refractivity contribution is -0.136. The normalized spacial score (nSPS) is 23.2. The Morgan fingerprint density at radius 2 is 2.26 bits per heavy atom. The summed E-state index contributed by atoms with van der Waals surface area (Å²) in [5.41, 5.74) is -0.141. The van der Waals surface area contributed by atoms with E-state index in [0.717, 1.165) is 32.4 Å². The highest BCUT2D eigenvalue weighted by Gasteiger charge is 2.44. The summed E-state index contributed by atoms with van der Waals surface area (Å²) < 4.78 is 16.9. The average molecular weight is 320 g/mol. The zero-order chi connectivity index (χ0) is 16.1. The Labute approximate surface area is 136 Å². The van der Waals surface area contributed by atoms with Gasteiger partial charge in [0, 0.05) is 38.9 Å². The number of hydrogen-bond donors (Lipinski definition) is 0. The van der Waals surface area contributed by atoms with E-state index < -0.39 is 0 Å². The molecule has 6 nitrogen and oxygen atoms in total. The third-order valence-electron chi connectivity index (χ3n) is 4.65. The molecular weight excluding hydrogens is 296 g/mol. The van der Waals surface area contributed by atoms with E-state index in [4.69, 9.17) is 14.2 Å². The first kappa shape index (κ1) is 16.2. The molecule has 1 aromatic rings. The Morgan fingerprint density at radius 3 is 2.96 bits per heavy atom. The van der Waals surface area contributed by atoms with Crippen LogP contribution in [0.5, 0.6) is 5.88 Å². The monoisotopic (exact) mass is 320 g/mol. The predicted molar refractivity (Wildman–Crippen MR) is 84.3 cm³/mol. The van der Waals surface area contributed by atoms with E-state index in [0.29, 0.717) is 25.5 Å². The van der Waals surface area contributed by atoms with Crippen molar-refractivity contribution in [2.24, 2.45) is 0 Å². The smallest absolute Gasteiger partial charge is 0.224 e. The predicted octanol–water partition coefficient (Wildman–Crippen LogP) is 1.65. The Balaban J connectivity index is 1.48. The second-order valence-corrected chi connectivity index (χ2v) is 6.23. The minimum absolute atomic E-state index is 0.0423. The van der Waals surface area contributed by atoms with Crippen LogP contribution < -0.4 is 4.74 Å². The van der Waals surface area contributed by atoms with Crippen molar-refractivity contribution in [3.8, 4) is 5.88 Å². The van der Waals surface area contributed by atoms with Gasteiger partial charge in [0.05, 0.1) is 25.2 Å². The van der Waals surface area contributed by atoms with Gasteiger partial charge in [0.15, 0.2) is 0 Å². The lowest BCUT2D eigenvalue weighted by atomic mass is 9.88. The van der Waals surface area contributed by atoms with Crippen molar-refractivity contribution in [2.75, 3.05) is 33.4 Å². The molecule has 23 heavy (non-hydrogen) atoms. The van der Waals surface area contributed by atoms with Crippen LogP contribution in [-0.4, -0.2) is 60.9 Å². The minimum atomic E-state index is -0.141. The largest absolute Gasteiger partial charge is 0.472 e. The molecule has 6 heteroatoms. The van der Waals surface area contributed by atoms with E-state index in [9.17, 15) is 4.79 Å². The number of carbonyl (C=O) groups is 1. The number of likely N-dealkylation sites (tertiary alicyclic amines) is 1. The second kappa shape index (κ2) is 7.27. The third-order valence-corrected chi connectivity index (χ3v) is 4.65. The second-order valence-electron chi connectivity index (χ2n) is 6.23. The zero-order valence-corrected chi connectivity index (χ0v) is 13.6. The van der Waals surface area contributed by atoms with Gasteiger partial charge >= 0.3 is 0 Å². The van der Waals surface area contributed by atoms with Crippen LogP contribution in [0.4, 0.5) is 0 Å². The number of methoxy groups -OCH3 is 1. The summed E-state index contributed by atoms with van der Waals surface area (Å²) in [5.74, 6) is 0.811. The minimum Gasteiger partial charge on any atom is -0.472 e. The molecule has 126 valence electrons. The molecule has 0 aliphatic carbocycles. The molecule has 0 aromatic carbocycles. The van der Waals surface area contributed by atoms with Crippen molar-refractivity contribution in [2.45, 2.75) is 37.4 Å². The highest BCUT2D eigenvalue weighted by molar-refractivity contribution is 5.76. The van der Waals surface area contributed by atoms with Crippen LogP contribution in [0.1, 0.15) is 25.7 Å². The molecule has 2 saturated heterocycles. The molecule has 1 spiro atoms. The van der Waals surface area contributed by atoms with Crippen molar-refractivity contribution in [3.05, 3.63) is 24.4 Å². The maximum Gasteiger partial charge on any atom is 0.224 e. The molecule has 0 unspecified atom stereocenters. The van der Waals surface area contributed by atoms with Crippen molar-refractivity contribution in [1.29, 1.82) is 0 Å². The van der Waals surface area contributed by atoms with Gasteiger partial charge in [0.1, 0.15) is 6.10 Å². The van der Waals surface area contributed by atoms with Gasteiger partial charge in [-0.2, -0.15) is 0 Å². The third kappa shape index (κ3) is 4.00. The number of amides is 1. The quantitative estimate of drug-likeness (QED) is 0.825. The molecule has 3 rings (SSSR count). The molecule has 1 aromatic heterocycles. The Kier molecular flexibility index (Phi) is 5.13. The summed E-state index contributed by atoms with van der Waals surface area (Å²) in [6, 6.07) is 5.65. The van der Waals surface area contributed by atoms with Crippen LogP contribution in [0.2, 0.25) is 0 Å². The van der Waals surface area contributed by atoms with Crippen molar-refractivity contribution in [1.82, 2.24) is 9.88 Å². The fourth-order valence-corrected chi connectivity index (χ4v) is 3.33. The molecule has 0 N–H and O–H groups in total. The van der Waals surface area contributed by atoms with Gasteiger partial charge in [0.2, 0.25) is 11.8 Å². The molecule has 3 heterocycles. The van der Waals surface area contributed by atoms with E-state index in [1.165, 1.54) is 0 Å². The van der Waals surface area contributed by atoms with E-state index in [2.05, 4.69) is 4.98 Å². The highest BCUT2D eigenvalue weighted by Crippen LogP contribution is 2.37. The first-order valence-corrected chi connectivity index (χ1v) is 8.19. The first-order valence-electron chi connectivity index (χ1n) is 8.19. The highest BCUT2D eigenvalue weighted by atomic mass is 16.6. The number of hydrogen-bond acceptors (Lipinski definition) is 5. The summed E-state index contributed by atoms with van der Waals surface area (Å²) in [7, 11) is 1.62. The number of nitrogens with zero attached hydrogens (tertiary/aromatic N) is 2. The van der Waals surface area contributed by atoms with Crippen molar-refractivity contribution >= 4 is 5.91 Å². The fraction of sp³-hybridized carbons (Fsp3) is 0.647. The number of ether oxygens (including phenoxy) is 3. The SMILES string of the molecule is COCCC(=O)N1CCC2(CC1)C[C@@H](Oc1ccccn1)CO2. The lowest BCUT2D eigenvalue weighted by Crippen LogP contribution is -2.46. The maximum absolute atomic E-state index is 12.0. The number of piperidine rings is 1. The van der Waals surface area contributed by atoms with Gasteiger partial charge in [0.25, 0.3) is 0 Å². The van der Waals surface area contributed by atoms with Gasteiger partial charge in [-0.3, -0.25) is 4.79 Å². The number of rotatable bonds is 5. The molecule has 0 bridgehead atoms. The average Bonchev–Trinajstić information content (AvgIpc) is 2.96. The van der Waals surface area contributed by atoms with Crippen LogP contribution in [0, 0.1) is 0 Å². The number of carbonyl (C=O) groups excluding carboxylic acids is 1. The van der Waals surface area contributed by atoms with Gasteiger partial charge in [-0.25, -0.2) is 4.98 Å². The number of aromatic nitrogens is 1.